The quantitative estimate of drug-likeness (QED) is 0.374. The highest BCUT2D eigenvalue weighted by Gasteiger charge is 2.09. The minimum absolute atomic E-state index is 0.427. The van der Waals surface area contributed by atoms with Crippen LogP contribution in [0, 0.1) is 0 Å². The fourth-order valence-electron chi connectivity index (χ4n) is 2.69. The molecule has 0 spiro atoms. The van der Waals surface area contributed by atoms with Gasteiger partial charge in [-0.3, -0.25) is 0 Å². The molecule has 0 bridgehead atoms. The van der Waals surface area contributed by atoms with Gasteiger partial charge in [0.05, 0.1) is 5.52 Å². The van der Waals surface area contributed by atoms with Crippen molar-refractivity contribution >= 4 is 68.8 Å². The minimum atomic E-state index is 0.427. The summed E-state index contributed by atoms with van der Waals surface area (Å²) >= 11 is 18.2. The summed E-state index contributed by atoms with van der Waals surface area (Å²) < 4.78 is 0. The van der Waals surface area contributed by atoms with E-state index in [0.717, 1.165) is 16.6 Å². The van der Waals surface area contributed by atoms with Crippen molar-refractivity contribution in [1.82, 2.24) is 9.97 Å². The molecule has 1 aromatic heterocycles. The van der Waals surface area contributed by atoms with Gasteiger partial charge >= 0.3 is 0 Å². The predicted octanol–water partition coefficient (Wildman–Crippen LogP) is 7.08. The molecule has 4 aromatic rings. The maximum Gasteiger partial charge on any atom is 0.229 e. The van der Waals surface area contributed by atoms with Crippen LogP contribution in [-0.2, 0) is 0 Å². The third kappa shape index (κ3) is 4.25. The molecule has 0 aliphatic heterocycles. The van der Waals surface area contributed by atoms with Gasteiger partial charge in [-0.15, -0.1) is 0 Å². The van der Waals surface area contributed by atoms with Crippen LogP contribution in [-0.4, -0.2) is 9.97 Å². The average molecular weight is 416 g/mol. The van der Waals surface area contributed by atoms with Gasteiger partial charge in [-0.05, 0) is 48.5 Å². The molecule has 4 rings (SSSR count). The summed E-state index contributed by atoms with van der Waals surface area (Å²) in [6.45, 7) is 0. The summed E-state index contributed by atoms with van der Waals surface area (Å²) in [5.74, 6) is 1.09. The third-order valence-corrected chi connectivity index (χ3v) is 4.48. The van der Waals surface area contributed by atoms with Crippen molar-refractivity contribution in [3.8, 4) is 0 Å². The Labute approximate surface area is 171 Å². The number of rotatable bonds is 4. The number of aromatic nitrogens is 2. The van der Waals surface area contributed by atoms with Crippen molar-refractivity contribution in [1.29, 1.82) is 0 Å². The number of nitrogens with zero attached hydrogens (tertiary/aromatic N) is 2. The molecule has 1 heterocycles. The van der Waals surface area contributed by atoms with Gasteiger partial charge in [-0.25, -0.2) is 4.98 Å². The molecule has 4 nitrogen and oxygen atoms in total. The van der Waals surface area contributed by atoms with E-state index >= 15 is 0 Å². The van der Waals surface area contributed by atoms with E-state index in [0.29, 0.717) is 32.5 Å². The second kappa shape index (κ2) is 7.61. The van der Waals surface area contributed by atoms with Crippen LogP contribution in [0.4, 0.5) is 23.1 Å². The SMILES string of the molecule is Clc1cc(Cl)cc(Nc2nc(Nc3cccc(Cl)c3)c3ccccc3n2)c1. The summed E-state index contributed by atoms with van der Waals surface area (Å²) in [7, 11) is 0. The maximum absolute atomic E-state index is 6.09. The van der Waals surface area contributed by atoms with Gasteiger partial charge in [0.1, 0.15) is 5.82 Å². The number of hydrogen-bond acceptors (Lipinski definition) is 4. The smallest absolute Gasteiger partial charge is 0.229 e. The van der Waals surface area contributed by atoms with E-state index in [1.807, 2.05) is 48.5 Å². The van der Waals surface area contributed by atoms with E-state index in [-0.39, 0.29) is 0 Å². The molecule has 2 N–H and O–H groups in total. The number of nitrogens with one attached hydrogen (secondary N) is 2. The summed E-state index contributed by atoms with van der Waals surface area (Å²) in [5, 5.41) is 9.07. The highest BCUT2D eigenvalue weighted by molar-refractivity contribution is 6.35. The Morgan fingerprint density at radius 2 is 1.37 bits per heavy atom. The molecule has 0 amide bonds. The van der Waals surface area contributed by atoms with E-state index < -0.39 is 0 Å². The van der Waals surface area contributed by atoms with E-state index in [2.05, 4.69) is 20.6 Å². The van der Waals surface area contributed by atoms with Crippen LogP contribution in [0.1, 0.15) is 0 Å². The van der Waals surface area contributed by atoms with Crippen molar-refractivity contribution < 1.29 is 0 Å². The van der Waals surface area contributed by atoms with E-state index in [4.69, 9.17) is 34.8 Å². The van der Waals surface area contributed by atoms with Gasteiger partial charge in [0, 0.05) is 31.8 Å². The highest BCUT2D eigenvalue weighted by Crippen LogP contribution is 2.29. The van der Waals surface area contributed by atoms with Crippen molar-refractivity contribution in [2.45, 2.75) is 0 Å². The maximum atomic E-state index is 6.09. The standard InChI is InChI=1S/C20H13Cl3N4/c21-12-4-3-5-15(9-12)24-19-17-6-1-2-7-18(17)26-20(27-19)25-16-10-13(22)8-14(23)11-16/h1-11H,(H2,24,25,26,27). The molecule has 134 valence electrons. The predicted molar refractivity (Wildman–Crippen MR) is 114 cm³/mol. The Morgan fingerprint density at radius 1 is 0.630 bits per heavy atom. The molecular weight excluding hydrogens is 403 g/mol. The largest absolute Gasteiger partial charge is 0.340 e. The first-order valence-corrected chi connectivity index (χ1v) is 9.23. The fourth-order valence-corrected chi connectivity index (χ4v) is 3.40. The molecule has 0 radical (unpaired) electrons. The van der Waals surface area contributed by atoms with E-state index in [1.165, 1.54) is 0 Å². The fraction of sp³-hybridized carbons (Fsp3) is 0. The third-order valence-electron chi connectivity index (χ3n) is 3.81. The van der Waals surface area contributed by atoms with Crippen molar-refractivity contribution in [3.05, 3.63) is 81.8 Å². The van der Waals surface area contributed by atoms with Gasteiger partial charge < -0.3 is 10.6 Å². The number of para-hydroxylation sites is 1. The van der Waals surface area contributed by atoms with Crippen LogP contribution in [0.25, 0.3) is 10.9 Å². The summed E-state index contributed by atoms with van der Waals surface area (Å²) in [4.78, 5) is 9.19. The van der Waals surface area contributed by atoms with Gasteiger partial charge in [0.15, 0.2) is 0 Å². The van der Waals surface area contributed by atoms with Crippen LogP contribution in [0.2, 0.25) is 15.1 Å². The second-order valence-corrected chi connectivity index (χ2v) is 7.14. The Morgan fingerprint density at radius 3 is 2.15 bits per heavy atom. The Bertz CT molecular complexity index is 1110. The summed E-state index contributed by atoms with van der Waals surface area (Å²) in [5.41, 5.74) is 2.34. The van der Waals surface area contributed by atoms with Crippen molar-refractivity contribution in [2.75, 3.05) is 10.6 Å². The van der Waals surface area contributed by atoms with Gasteiger partial charge in [-0.1, -0.05) is 53.0 Å². The normalized spacial score (nSPS) is 10.8. The zero-order valence-electron chi connectivity index (χ0n) is 13.9. The molecule has 0 saturated carbocycles. The first kappa shape index (κ1) is 17.9. The lowest BCUT2D eigenvalue weighted by atomic mass is 10.2. The molecule has 0 aliphatic carbocycles. The Hall–Kier alpha value is -2.53. The Kier molecular flexibility index (Phi) is 5.03. The van der Waals surface area contributed by atoms with Crippen molar-refractivity contribution in [2.24, 2.45) is 0 Å². The summed E-state index contributed by atoms with van der Waals surface area (Å²) in [6.07, 6.45) is 0. The van der Waals surface area contributed by atoms with E-state index in [9.17, 15) is 0 Å². The van der Waals surface area contributed by atoms with Crippen LogP contribution in [0.15, 0.2) is 66.7 Å². The number of fused-ring (bicyclic) bond motifs is 1. The zero-order chi connectivity index (χ0) is 18.8. The van der Waals surface area contributed by atoms with Crippen LogP contribution in [0.3, 0.4) is 0 Å². The lowest BCUT2D eigenvalue weighted by Gasteiger charge is -2.12. The van der Waals surface area contributed by atoms with Crippen molar-refractivity contribution in [3.63, 3.8) is 0 Å². The topological polar surface area (TPSA) is 49.8 Å². The van der Waals surface area contributed by atoms with Gasteiger partial charge in [-0.2, -0.15) is 4.98 Å². The number of hydrogen-bond donors (Lipinski definition) is 2. The number of benzene rings is 3. The van der Waals surface area contributed by atoms with Crippen LogP contribution >= 0.6 is 34.8 Å². The molecule has 0 atom stereocenters. The van der Waals surface area contributed by atoms with Gasteiger partial charge in [0.2, 0.25) is 5.95 Å². The molecule has 0 fully saturated rings. The van der Waals surface area contributed by atoms with Gasteiger partial charge in [0.25, 0.3) is 0 Å². The molecular formula is C20H13Cl3N4. The molecule has 27 heavy (non-hydrogen) atoms. The lowest BCUT2D eigenvalue weighted by Crippen LogP contribution is -2.02. The molecule has 0 unspecified atom stereocenters. The van der Waals surface area contributed by atoms with Crippen LogP contribution in [0.5, 0.6) is 0 Å². The molecule has 0 aliphatic rings. The average Bonchev–Trinajstić information content (AvgIpc) is 2.61. The second-order valence-electron chi connectivity index (χ2n) is 5.83. The summed E-state index contributed by atoms with van der Waals surface area (Å²) in [6, 6.07) is 20.4. The first-order chi connectivity index (χ1) is 13.1. The minimum Gasteiger partial charge on any atom is -0.340 e. The first-order valence-electron chi connectivity index (χ1n) is 8.09. The monoisotopic (exact) mass is 414 g/mol. The lowest BCUT2D eigenvalue weighted by molar-refractivity contribution is 1.21. The molecule has 0 saturated heterocycles. The van der Waals surface area contributed by atoms with E-state index in [1.54, 1.807) is 18.2 Å². The van der Waals surface area contributed by atoms with Crippen LogP contribution < -0.4 is 10.6 Å². The number of halogens is 3. The Balaban J connectivity index is 1.76. The molecule has 3 aromatic carbocycles. The zero-order valence-corrected chi connectivity index (χ0v) is 16.1. The highest BCUT2D eigenvalue weighted by atomic mass is 35.5. The molecule has 7 heteroatoms. The number of anilines is 4.